The standard InChI is InChI=1S/C7H14O4S/c1-5(3-8)12-4-6(9)2-7(10)11/h5-6,8-9H,2-4H2,1H3,(H,10,11). The number of hydrogen-bond acceptors (Lipinski definition) is 4. The molecular formula is C7H14O4S. The first-order chi connectivity index (χ1) is 5.56. The second-order valence-electron chi connectivity index (χ2n) is 2.58. The SMILES string of the molecule is CC(CO)SCC(O)CC(=O)O. The van der Waals surface area contributed by atoms with Crippen LogP contribution in [0.4, 0.5) is 0 Å². The third kappa shape index (κ3) is 6.45. The molecule has 0 bridgehead atoms. The van der Waals surface area contributed by atoms with Gasteiger partial charge in [-0.1, -0.05) is 6.92 Å². The van der Waals surface area contributed by atoms with Gasteiger partial charge in [-0.25, -0.2) is 0 Å². The molecule has 12 heavy (non-hydrogen) atoms. The largest absolute Gasteiger partial charge is 0.481 e. The number of aliphatic carboxylic acids is 1. The molecule has 2 unspecified atom stereocenters. The van der Waals surface area contributed by atoms with E-state index in [-0.39, 0.29) is 18.3 Å². The second kappa shape index (κ2) is 6.28. The van der Waals surface area contributed by atoms with Crippen LogP contribution < -0.4 is 0 Å². The Morgan fingerprint density at radius 2 is 2.17 bits per heavy atom. The molecule has 0 amide bonds. The zero-order valence-corrected chi connectivity index (χ0v) is 7.75. The van der Waals surface area contributed by atoms with Gasteiger partial charge in [-0.3, -0.25) is 4.79 Å². The van der Waals surface area contributed by atoms with Gasteiger partial charge in [0.2, 0.25) is 0 Å². The van der Waals surface area contributed by atoms with E-state index in [0.717, 1.165) is 0 Å². The van der Waals surface area contributed by atoms with Crippen molar-refractivity contribution >= 4 is 17.7 Å². The second-order valence-corrected chi connectivity index (χ2v) is 4.05. The lowest BCUT2D eigenvalue weighted by atomic mass is 10.3. The third-order valence-electron chi connectivity index (χ3n) is 1.24. The molecule has 5 heteroatoms. The van der Waals surface area contributed by atoms with E-state index < -0.39 is 12.1 Å². The summed E-state index contributed by atoms with van der Waals surface area (Å²) in [5, 5.41) is 26.0. The third-order valence-corrected chi connectivity index (χ3v) is 2.54. The summed E-state index contributed by atoms with van der Waals surface area (Å²) < 4.78 is 0. The molecular weight excluding hydrogens is 180 g/mol. The zero-order chi connectivity index (χ0) is 9.56. The van der Waals surface area contributed by atoms with E-state index >= 15 is 0 Å². The molecule has 72 valence electrons. The molecule has 0 aromatic heterocycles. The highest BCUT2D eigenvalue weighted by atomic mass is 32.2. The van der Waals surface area contributed by atoms with Crippen LogP contribution in [-0.4, -0.2) is 45.0 Å². The normalized spacial score (nSPS) is 15.6. The van der Waals surface area contributed by atoms with Crippen LogP contribution >= 0.6 is 11.8 Å². The maximum absolute atomic E-state index is 10.1. The van der Waals surface area contributed by atoms with Gasteiger partial charge in [0.25, 0.3) is 0 Å². The molecule has 2 atom stereocenters. The van der Waals surface area contributed by atoms with Crippen LogP contribution in [0.2, 0.25) is 0 Å². The molecule has 0 rings (SSSR count). The quantitative estimate of drug-likeness (QED) is 0.552. The fourth-order valence-electron chi connectivity index (χ4n) is 0.589. The Kier molecular flexibility index (Phi) is 6.14. The van der Waals surface area contributed by atoms with Crippen LogP contribution in [-0.2, 0) is 4.79 Å². The van der Waals surface area contributed by atoms with Gasteiger partial charge in [-0.2, -0.15) is 11.8 Å². The van der Waals surface area contributed by atoms with Crippen molar-refractivity contribution in [1.29, 1.82) is 0 Å². The minimum Gasteiger partial charge on any atom is -0.481 e. The average Bonchev–Trinajstić information content (AvgIpc) is 1.99. The zero-order valence-electron chi connectivity index (χ0n) is 6.93. The van der Waals surface area contributed by atoms with Crippen molar-refractivity contribution in [2.75, 3.05) is 12.4 Å². The molecule has 0 spiro atoms. The van der Waals surface area contributed by atoms with Gasteiger partial charge in [-0.05, 0) is 0 Å². The van der Waals surface area contributed by atoms with Crippen LogP contribution in [0.25, 0.3) is 0 Å². The van der Waals surface area contributed by atoms with Gasteiger partial charge < -0.3 is 15.3 Å². The van der Waals surface area contributed by atoms with Crippen LogP contribution in [0.5, 0.6) is 0 Å². The summed E-state index contributed by atoms with van der Waals surface area (Å²) in [6, 6.07) is 0. The van der Waals surface area contributed by atoms with Gasteiger partial charge in [-0.15, -0.1) is 0 Å². The molecule has 0 aliphatic carbocycles. The monoisotopic (exact) mass is 194 g/mol. The highest BCUT2D eigenvalue weighted by Gasteiger charge is 2.11. The van der Waals surface area contributed by atoms with E-state index in [0.29, 0.717) is 5.75 Å². The fraction of sp³-hybridized carbons (Fsp3) is 0.857. The summed E-state index contributed by atoms with van der Waals surface area (Å²) >= 11 is 1.36. The summed E-state index contributed by atoms with van der Waals surface area (Å²) in [5.41, 5.74) is 0. The number of carbonyl (C=O) groups is 1. The van der Waals surface area contributed by atoms with Gasteiger partial charge >= 0.3 is 5.97 Å². The number of carboxylic acid groups (broad SMARTS) is 1. The van der Waals surface area contributed by atoms with Crippen molar-refractivity contribution in [2.45, 2.75) is 24.7 Å². The maximum atomic E-state index is 10.1. The molecule has 0 saturated carbocycles. The first kappa shape index (κ1) is 11.7. The highest BCUT2D eigenvalue weighted by Crippen LogP contribution is 2.12. The van der Waals surface area contributed by atoms with Gasteiger partial charge in [0.1, 0.15) is 0 Å². The summed E-state index contributed by atoms with van der Waals surface area (Å²) in [7, 11) is 0. The Bertz CT molecular complexity index is 139. The van der Waals surface area contributed by atoms with Crippen molar-refractivity contribution in [3.8, 4) is 0 Å². The molecule has 0 aromatic rings. The van der Waals surface area contributed by atoms with Crippen LogP contribution in [0, 0.1) is 0 Å². The number of thioether (sulfide) groups is 1. The fourth-order valence-corrected chi connectivity index (χ4v) is 1.36. The van der Waals surface area contributed by atoms with Crippen molar-refractivity contribution < 1.29 is 20.1 Å². The van der Waals surface area contributed by atoms with E-state index in [1.165, 1.54) is 11.8 Å². The van der Waals surface area contributed by atoms with Crippen LogP contribution in [0.1, 0.15) is 13.3 Å². The summed E-state index contributed by atoms with van der Waals surface area (Å²) in [4.78, 5) is 10.1. The van der Waals surface area contributed by atoms with Gasteiger partial charge in [0, 0.05) is 11.0 Å². The molecule has 0 radical (unpaired) electrons. The lowest BCUT2D eigenvalue weighted by Gasteiger charge is -2.10. The Balaban J connectivity index is 3.43. The number of rotatable bonds is 6. The molecule has 3 N–H and O–H groups in total. The molecule has 0 aliphatic heterocycles. The first-order valence-electron chi connectivity index (χ1n) is 3.68. The Morgan fingerprint density at radius 3 is 2.58 bits per heavy atom. The predicted molar refractivity (Wildman–Crippen MR) is 47.3 cm³/mol. The average molecular weight is 194 g/mol. The summed E-state index contributed by atoms with van der Waals surface area (Å²) in [6.45, 7) is 1.86. The predicted octanol–water partition coefficient (Wildman–Crippen LogP) is -0.0640. The van der Waals surface area contributed by atoms with E-state index in [2.05, 4.69) is 0 Å². The van der Waals surface area contributed by atoms with Gasteiger partial charge in [0.15, 0.2) is 0 Å². The molecule has 0 aromatic carbocycles. The summed E-state index contributed by atoms with van der Waals surface area (Å²) in [6.07, 6.45) is -1.05. The van der Waals surface area contributed by atoms with E-state index in [9.17, 15) is 4.79 Å². The van der Waals surface area contributed by atoms with E-state index in [4.69, 9.17) is 15.3 Å². The smallest absolute Gasteiger partial charge is 0.306 e. The Labute approximate surface area is 75.6 Å². The lowest BCUT2D eigenvalue weighted by molar-refractivity contribution is -0.138. The van der Waals surface area contributed by atoms with E-state index in [1.54, 1.807) is 0 Å². The lowest BCUT2D eigenvalue weighted by Crippen LogP contribution is -2.17. The number of hydrogen-bond donors (Lipinski definition) is 3. The van der Waals surface area contributed by atoms with E-state index in [1.807, 2.05) is 6.92 Å². The van der Waals surface area contributed by atoms with Crippen molar-refractivity contribution in [3.63, 3.8) is 0 Å². The number of aliphatic hydroxyl groups is 2. The molecule has 0 aliphatic rings. The van der Waals surface area contributed by atoms with Crippen LogP contribution in [0.3, 0.4) is 0 Å². The molecule has 0 heterocycles. The highest BCUT2D eigenvalue weighted by molar-refractivity contribution is 7.99. The Morgan fingerprint density at radius 1 is 1.58 bits per heavy atom. The van der Waals surface area contributed by atoms with Crippen molar-refractivity contribution in [1.82, 2.24) is 0 Å². The minimum atomic E-state index is -1.00. The van der Waals surface area contributed by atoms with Crippen molar-refractivity contribution in [3.05, 3.63) is 0 Å². The first-order valence-corrected chi connectivity index (χ1v) is 4.73. The summed E-state index contributed by atoms with van der Waals surface area (Å²) in [5.74, 6) is -0.645. The minimum absolute atomic E-state index is 0.0461. The molecule has 4 nitrogen and oxygen atoms in total. The molecule has 0 saturated heterocycles. The van der Waals surface area contributed by atoms with Crippen LogP contribution in [0.15, 0.2) is 0 Å². The van der Waals surface area contributed by atoms with Gasteiger partial charge in [0.05, 0.1) is 19.1 Å². The Hall–Kier alpha value is -0.260. The molecule has 0 fully saturated rings. The number of carboxylic acids is 1. The topological polar surface area (TPSA) is 77.8 Å². The number of aliphatic hydroxyl groups excluding tert-OH is 2. The maximum Gasteiger partial charge on any atom is 0.306 e. The van der Waals surface area contributed by atoms with Crippen molar-refractivity contribution in [2.24, 2.45) is 0 Å².